The third-order valence-electron chi connectivity index (χ3n) is 4.44. The average molecular weight is 368 g/mol. The molecule has 1 atom stereocenters. The van der Waals surface area contributed by atoms with Crippen LogP contribution in [0.4, 0.5) is 0 Å². The zero-order valence-corrected chi connectivity index (χ0v) is 14.9. The smallest absolute Gasteiger partial charge is 0.333 e. The van der Waals surface area contributed by atoms with Crippen molar-refractivity contribution in [2.45, 2.75) is 12.5 Å². The van der Waals surface area contributed by atoms with Gasteiger partial charge in [-0.25, -0.2) is 4.79 Å². The van der Waals surface area contributed by atoms with Crippen LogP contribution in [0.1, 0.15) is 27.0 Å². The number of benzene rings is 1. The Bertz CT molecular complexity index is 947. The molecule has 0 radical (unpaired) electrons. The molecule has 0 N–H and O–H groups in total. The molecule has 1 amide bonds. The maximum Gasteiger partial charge on any atom is 0.333 e. The van der Waals surface area contributed by atoms with Gasteiger partial charge in [0.15, 0.2) is 17.5 Å². The highest BCUT2D eigenvalue weighted by molar-refractivity contribution is 7.10. The summed E-state index contributed by atoms with van der Waals surface area (Å²) < 4.78 is 10.3. The van der Waals surface area contributed by atoms with Crippen LogP contribution in [0.2, 0.25) is 0 Å². The van der Waals surface area contributed by atoms with Crippen LogP contribution < -0.4 is 0 Å². The van der Waals surface area contributed by atoms with E-state index in [1.807, 2.05) is 41.8 Å². The lowest BCUT2D eigenvalue weighted by Gasteiger charge is -2.33. The van der Waals surface area contributed by atoms with Crippen molar-refractivity contribution in [1.82, 2.24) is 10.1 Å². The number of hydrogen-bond donors (Lipinski definition) is 0. The number of aromatic nitrogens is 1. The van der Waals surface area contributed by atoms with Crippen molar-refractivity contribution in [2.24, 2.45) is 0 Å². The number of amides is 1. The number of thiophene rings is 1. The largest absolute Gasteiger partial charge is 0.467 e. The molecule has 132 valence electrons. The topological polar surface area (TPSA) is 72.6 Å². The van der Waals surface area contributed by atoms with Crippen LogP contribution in [0.3, 0.4) is 0 Å². The first-order valence-electron chi connectivity index (χ1n) is 8.16. The second-order valence-corrected chi connectivity index (χ2v) is 6.92. The Hall–Kier alpha value is -2.93. The van der Waals surface area contributed by atoms with E-state index in [-0.39, 0.29) is 11.6 Å². The fourth-order valence-corrected chi connectivity index (χ4v) is 4.07. The van der Waals surface area contributed by atoms with Gasteiger partial charge in [0.05, 0.1) is 7.11 Å². The van der Waals surface area contributed by atoms with Crippen molar-refractivity contribution in [3.63, 3.8) is 0 Å². The van der Waals surface area contributed by atoms with Crippen molar-refractivity contribution < 1.29 is 18.8 Å². The zero-order valence-electron chi connectivity index (χ0n) is 14.0. The van der Waals surface area contributed by atoms with Crippen LogP contribution in [-0.4, -0.2) is 35.6 Å². The summed E-state index contributed by atoms with van der Waals surface area (Å²) in [6.45, 7) is 0.430. The van der Waals surface area contributed by atoms with Gasteiger partial charge in [0, 0.05) is 23.1 Å². The first kappa shape index (κ1) is 16.5. The summed E-state index contributed by atoms with van der Waals surface area (Å²) in [7, 11) is 1.33. The first-order chi connectivity index (χ1) is 12.7. The van der Waals surface area contributed by atoms with Crippen molar-refractivity contribution in [2.75, 3.05) is 13.7 Å². The highest BCUT2D eigenvalue weighted by Gasteiger charge is 2.38. The molecule has 0 saturated carbocycles. The summed E-state index contributed by atoms with van der Waals surface area (Å²) in [6.07, 6.45) is 0.704. The molecule has 1 aliphatic heterocycles. The van der Waals surface area contributed by atoms with E-state index in [1.54, 1.807) is 17.4 Å². The van der Waals surface area contributed by atoms with Gasteiger partial charge in [-0.05, 0) is 23.4 Å². The summed E-state index contributed by atoms with van der Waals surface area (Å²) in [5.41, 5.74) is 1.84. The summed E-state index contributed by atoms with van der Waals surface area (Å²) in [5, 5.41) is 5.84. The predicted octanol–water partition coefficient (Wildman–Crippen LogP) is 3.32. The number of rotatable bonds is 3. The fraction of sp³-hybridized carbons (Fsp3) is 0.211. The van der Waals surface area contributed by atoms with Crippen LogP contribution in [0.5, 0.6) is 0 Å². The second kappa shape index (κ2) is 6.76. The van der Waals surface area contributed by atoms with Crippen LogP contribution in [0, 0.1) is 0 Å². The van der Waals surface area contributed by atoms with Crippen molar-refractivity contribution in [3.8, 4) is 11.3 Å². The maximum absolute atomic E-state index is 13.0. The van der Waals surface area contributed by atoms with E-state index in [0.717, 1.165) is 16.0 Å². The minimum Gasteiger partial charge on any atom is -0.467 e. The minimum atomic E-state index is -0.751. The lowest BCUT2D eigenvalue weighted by molar-refractivity contribution is -0.146. The zero-order chi connectivity index (χ0) is 18.1. The molecule has 26 heavy (non-hydrogen) atoms. The van der Waals surface area contributed by atoms with Gasteiger partial charge in [0.25, 0.3) is 5.91 Å². The van der Waals surface area contributed by atoms with E-state index in [9.17, 15) is 9.59 Å². The third-order valence-corrected chi connectivity index (χ3v) is 5.44. The predicted molar refractivity (Wildman–Crippen MR) is 95.8 cm³/mol. The molecule has 1 aliphatic rings. The van der Waals surface area contributed by atoms with Crippen LogP contribution >= 0.6 is 11.3 Å². The molecule has 1 aromatic carbocycles. The average Bonchev–Trinajstić information content (AvgIpc) is 3.36. The highest BCUT2D eigenvalue weighted by Crippen LogP contribution is 2.35. The molecule has 0 fully saturated rings. The Morgan fingerprint density at radius 2 is 2.08 bits per heavy atom. The van der Waals surface area contributed by atoms with Crippen LogP contribution in [0.15, 0.2) is 52.4 Å². The summed E-state index contributed by atoms with van der Waals surface area (Å²) in [4.78, 5) is 28.0. The van der Waals surface area contributed by atoms with Crippen LogP contribution in [-0.2, 0) is 16.0 Å². The molecule has 7 heteroatoms. The molecule has 0 bridgehead atoms. The monoisotopic (exact) mass is 368 g/mol. The van der Waals surface area contributed by atoms with Crippen LogP contribution in [0.25, 0.3) is 11.3 Å². The number of carbonyl (C=O) groups excluding carboxylic acids is 2. The molecule has 2 aromatic heterocycles. The number of hydrogen-bond acceptors (Lipinski definition) is 6. The van der Waals surface area contributed by atoms with E-state index in [2.05, 4.69) is 5.16 Å². The summed E-state index contributed by atoms with van der Waals surface area (Å²) in [5.74, 6) is -0.288. The number of esters is 1. The molecule has 3 heterocycles. The quantitative estimate of drug-likeness (QED) is 0.663. The first-order valence-corrected chi connectivity index (χ1v) is 9.04. The van der Waals surface area contributed by atoms with E-state index in [1.165, 1.54) is 12.0 Å². The Morgan fingerprint density at radius 1 is 1.27 bits per heavy atom. The Balaban J connectivity index is 1.65. The maximum atomic E-state index is 13.0. The van der Waals surface area contributed by atoms with Gasteiger partial charge in [0.2, 0.25) is 0 Å². The molecule has 1 unspecified atom stereocenters. The van der Waals surface area contributed by atoms with Gasteiger partial charge in [0.1, 0.15) is 0 Å². The Morgan fingerprint density at radius 3 is 2.85 bits per heavy atom. The van der Waals surface area contributed by atoms with Crippen molar-refractivity contribution in [3.05, 3.63) is 64.0 Å². The summed E-state index contributed by atoms with van der Waals surface area (Å²) >= 11 is 1.59. The number of fused-ring (bicyclic) bond motifs is 1. The number of nitrogens with zero attached hydrogens (tertiary/aromatic N) is 2. The molecule has 0 spiro atoms. The summed E-state index contributed by atoms with van der Waals surface area (Å²) in [6, 6.07) is 12.2. The molecule has 4 rings (SSSR count). The lowest BCUT2D eigenvalue weighted by atomic mass is 9.99. The fourth-order valence-electron chi connectivity index (χ4n) is 3.16. The number of carbonyl (C=O) groups is 2. The molecule has 0 aliphatic carbocycles. The SMILES string of the molecule is COC(=O)C1c2ccsc2CCN1C(=O)c1cc(-c2ccccc2)on1. The normalized spacial score (nSPS) is 16.2. The third kappa shape index (κ3) is 2.80. The lowest BCUT2D eigenvalue weighted by Crippen LogP contribution is -2.43. The van der Waals surface area contributed by atoms with Gasteiger partial charge < -0.3 is 14.2 Å². The molecule has 6 nitrogen and oxygen atoms in total. The van der Waals surface area contributed by atoms with E-state index >= 15 is 0 Å². The van der Waals surface area contributed by atoms with E-state index in [4.69, 9.17) is 9.26 Å². The molecule has 0 saturated heterocycles. The van der Waals surface area contributed by atoms with E-state index < -0.39 is 12.0 Å². The second-order valence-electron chi connectivity index (χ2n) is 5.92. The molecular weight excluding hydrogens is 352 g/mol. The highest BCUT2D eigenvalue weighted by atomic mass is 32.1. The number of ether oxygens (including phenoxy) is 1. The number of methoxy groups -OCH3 is 1. The van der Waals surface area contributed by atoms with Gasteiger partial charge in [-0.1, -0.05) is 35.5 Å². The minimum absolute atomic E-state index is 0.177. The van der Waals surface area contributed by atoms with Crippen molar-refractivity contribution in [1.29, 1.82) is 0 Å². The van der Waals surface area contributed by atoms with Gasteiger partial charge in [-0.3, -0.25) is 4.79 Å². The van der Waals surface area contributed by atoms with Gasteiger partial charge in [-0.15, -0.1) is 11.3 Å². The van der Waals surface area contributed by atoms with E-state index in [0.29, 0.717) is 18.7 Å². The Kier molecular flexibility index (Phi) is 4.30. The standard InChI is InChI=1S/C19H16N2O4S/c1-24-19(23)17-13-8-10-26-16(13)7-9-21(17)18(22)14-11-15(25-20-14)12-5-3-2-4-6-12/h2-6,8,10-11,17H,7,9H2,1H3. The van der Waals surface area contributed by atoms with Gasteiger partial charge >= 0.3 is 5.97 Å². The van der Waals surface area contributed by atoms with Gasteiger partial charge in [-0.2, -0.15) is 0 Å². The molecule has 3 aromatic rings. The molecular formula is C19H16N2O4S. The van der Waals surface area contributed by atoms with Crippen molar-refractivity contribution >= 4 is 23.2 Å². The Labute approximate surface area is 154 Å².